The number of nitrogens with zero attached hydrogens (tertiary/aromatic N) is 1. The predicted molar refractivity (Wildman–Crippen MR) is 57.5 cm³/mol. The van der Waals surface area contributed by atoms with Crippen molar-refractivity contribution in [2.45, 2.75) is 31.4 Å². The average Bonchev–Trinajstić information content (AvgIpc) is 2.72. The van der Waals surface area contributed by atoms with Crippen molar-refractivity contribution in [3.63, 3.8) is 0 Å². The van der Waals surface area contributed by atoms with Gasteiger partial charge in [0, 0.05) is 0 Å². The molecule has 0 aromatic heterocycles. The molecule has 0 bridgehead atoms. The van der Waals surface area contributed by atoms with Crippen LogP contribution in [0.2, 0.25) is 0 Å². The zero-order chi connectivity index (χ0) is 11.1. The Labute approximate surface area is 96.1 Å². The van der Waals surface area contributed by atoms with Gasteiger partial charge in [0.1, 0.15) is 4.62 Å². The number of hydrogen-bond donors (Lipinski definition) is 1. The third kappa shape index (κ3) is 1.56. The van der Waals surface area contributed by atoms with Gasteiger partial charge in [0.2, 0.25) is 0 Å². The lowest BCUT2D eigenvalue weighted by atomic mass is 9.94. The molecular formula is C9H13BrN2O3. The van der Waals surface area contributed by atoms with E-state index in [1.54, 1.807) is 6.92 Å². The number of carbonyl (C=O) groups excluding carboxylic acids is 1. The molecule has 0 unspecified atom stereocenters. The second-order valence-electron chi connectivity index (χ2n) is 3.85. The minimum absolute atomic E-state index is 0.0967. The van der Waals surface area contributed by atoms with Crippen LogP contribution < -0.4 is 5.73 Å². The van der Waals surface area contributed by atoms with Gasteiger partial charge in [0.25, 0.3) is 0 Å². The fraction of sp³-hybridized carbons (Fsp3) is 0.778. The highest BCUT2D eigenvalue weighted by Crippen LogP contribution is 2.41. The third-order valence-corrected chi connectivity index (χ3v) is 3.69. The van der Waals surface area contributed by atoms with Crippen molar-refractivity contribution in [3.05, 3.63) is 0 Å². The number of fused-ring (bicyclic) bond motifs is 1. The molecule has 2 N–H and O–H groups in total. The highest BCUT2D eigenvalue weighted by molar-refractivity contribution is 9.18. The first-order chi connectivity index (χ1) is 7.09. The van der Waals surface area contributed by atoms with Crippen LogP contribution in [0.25, 0.3) is 0 Å². The molecule has 1 aliphatic heterocycles. The molecule has 0 spiro atoms. The molecule has 0 radical (unpaired) electrons. The first kappa shape index (κ1) is 10.9. The van der Waals surface area contributed by atoms with Gasteiger partial charge in [0.05, 0.1) is 12.5 Å². The molecule has 1 fully saturated rings. The fourth-order valence-electron chi connectivity index (χ4n) is 2.12. The van der Waals surface area contributed by atoms with E-state index >= 15 is 0 Å². The van der Waals surface area contributed by atoms with Crippen LogP contribution in [0.15, 0.2) is 5.16 Å². The average molecular weight is 277 g/mol. The summed E-state index contributed by atoms with van der Waals surface area (Å²) in [6.45, 7) is 2.09. The second-order valence-corrected chi connectivity index (χ2v) is 4.66. The summed E-state index contributed by atoms with van der Waals surface area (Å²) < 4.78 is 5.70. The van der Waals surface area contributed by atoms with Crippen molar-refractivity contribution in [1.29, 1.82) is 0 Å². The van der Waals surface area contributed by atoms with Gasteiger partial charge in [-0.15, -0.1) is 0 Å². The summed E-state index contributed by atoms with van der Waals surface area (Å²) in [7, 11) is 0. The molecule has 5 nitrogen and oxygen atoms in total. The molecule has 1 saturated carbocycles. The van der Waals surface area contributed by atoms with Crippen LogP contribution in [-0.2, 0) is 14.4 Å². The monoisotopic (exact) mass is 276 g/mol. The van der Waals surface area contributed by atoms with Gasteiger partial charge in [-0.2, -0.15) is 0 Å². The van der Waals surface area contributed by atoms with E-state index in [1.165, 1.54) is 0 Å². The van der Waals surface area contributed by atoms with Gasteiger partial charge in [-0.1, -0.05) is 5.16 Å². The van der Waals surface area contributed by atoms with Gasteiger partial charge in [-0.3, -0.25) is 0 Å². The SMILES string of the molecule is CCOC(=O)[C@@]1(N)CC[C@H]2C(Br)=NO[C@H]21. The van der Waals surface area contributed by atoms with Crippen LogP contribution >= 0.6 is 15.9 Å². The maximum absolute atomic E-state index is 11.7. The fourth-order valence-corrected chi connectivity index (χ4v) is 2.67. The van der Waals surface area contributed by atoms with Crippen molar-refractivity contribution in [1.82, 2.24) is 0 Å². The van der Waals surface area contributed by atoms with E-state index in [-0.39, 0.29) is 12.0 Å². The van der Waals surface area contributed by atoms with Gasteiger partial charge >= 0.3 is 5.97 Å². The summed E-state index contributed by atoms with van der Waals surface area (Å²) in [6, 6.07) is 0. The van der Waals surface area contributed by atoms with E-state index in [0.717, 1.165) is 11.0 Å². The molecule has 6 heteroatoms. The van der Waals surface area contributed by atoms with E-state index in [4.69, 9.17) is 15.3 Å². The minimum atomic E-state index is -1.04. The summed E-state index contributed by atoms with van der Waals surface area (Å²) in [6.07, 6.45) is 0.987. The first-order valence-corrected chi connectivity index (χ1v) is 5.74. The maximum Gasteiger partial charge on any atom is 0.330 e. The first-order valence-electron chi connectivity index (χ1n) is 4.95. The summed E-state index contributed by atoms with van der Waals surface area (Å²) in [4.78, 5) is 16.9. The number of esters is 1. The van der Waals surface area contributed by atoms with E-state index in [0.29, 0.717) is 13.0 Å². The van der Waals surface area contributed by atoms with Crippen molar-refractivity contribution in [2.24, 2.45) is 16.8 Å². The Balaban J connectivity index is 2.15. The normalized spacial score (nSPS) is 38.2. The Hall–Kier alpha value is -0.620. The van der Waals surface area contributed by atoms with E-state index in [9.17, 15) is 4.79 Å². The lowest BCUT2D eigenvalue weighted by Crippen LogP contribution is -2.56. The number of carbonyl (C=O) groups is 1. The quantitative estimate of drug-likeness (QED) is 0.756. The predicted octanol–water partition coefficient (Wildman–Crippen LogP) is 0.764. The molecule has 2 rings (SSSR count). The molecule has 2 aliphatic rings. The summed E-state index contributed by atoms with van der Waals surface area (Å²) in [5.74, 6) is -0.297. The molecule has 3 atom stereocenters. The van der Waals surface area contributed by atoms with Crippen LogP contribution in [0.1, 0.15) is 19.8 Å². The van der Waals surface area contributed by atoms with Crippen LogP contribution in [-0.4, -0.2) is 28.8 Å². The molecule has 0 aromatic rings. The number of hydrogen-bond acceptors (Lipinski definition) is 5. The van der Waals surface area contributed by atoms with Crippen molar-refractivity contribution < 1.29 is 14.4 Å². The number of nitrogens with two attached hydrogens (primary N) is 1. The molecule has 15 heavy (non-hydrogen) atoms. The van der Waals surface area contributed by atoms with Gasteiger partial charge in [0.15, 0.2) is 11.6 Å². The largest absolute Gasteiger partial charge is 0.465 e. The second kappa shape index (κ2) is 3.75. The molecular weight excluding hydrogens is 264 g/mol. The molecule has 1 aliphatic carbocycles. The van der Waals surface area contributed by atoms with Crippen LogP contribution in [0.4, 0.5) is 0 Å². The van der Waals surface area contributed by atoms with Gasteiger partial charge in [-0.05, 0) is 35.7 Å². The lowest BCUT2D eigenvalue weighted by molar-refractivity contribution is -0.154. The number of rotatable bonds is 2. The highest BCUT2D eigenvalue weighted by Gasteiger charge is 2.57. The maximum atomic E-state index is 11.7. The number of ether oxygens (including phenoxy) is 1. The van der Waals surface area contributed by atoms with E-state index in [2.05, 4.69) is 21.1 Å². The van der Waals surface area contributed by atoms with Crippen molar-refractivity contribution >= 4 is 26.5 Å². The lowest BCUT2D eigenvalue weighted by Gasteiger charge is -2.26. The standard InChI is InChI=1S/C9H13BrN2O3/c1-2-14-8(13)9(11)4-3-5-6(9)15-12-7(5)10/h5-6H,2-4,11H2,1H3/t5-,6-,9-/m1/s1. The summed E-state index contributed by atoms with van der Waals surface area (Å²) >= 11 is 3.30. The smallest absolute Gasteiger partial charge is 0.330 e. The van der Waals surface area contributed by atoms with Gasteiger partial charge in [-0.25, -0.2) is 4.79 Å². The Morgan fingerprint density at radius 2 is 2.60 bits per heavy atom. The van der Waals surface area contributed by atoms with Crippen molar-refractivity contribution in [3.8, 4) is 0 Å². The Kier molecular flexibility index (Phi) is 2.72. The Bertz CT molecular complexity index is 320. The van der Waals surface area contributed by atoms with Crippen LogP contribution in [0, 0.1) is 5.92 Å². The third-order valence-electron chi connectivity index (χ3n) is 2.96. The molecule has 0 amide bonds. The minimum Gasteiger partial charge on any atom is -0.465 e. The van der Waals surface area contributed by atoms with Gasteiger partial charge < -0.3 is 15.3 Å². The Morgan fingerprint density at radius 3 is 3.27 bits per heavy atom. The number of halogens is 1. The Morgan fingerprint density at radius 1 is 1.87 bits per heavy atom. The van der Waals surface area contributed by atoms with Crippen molar-refractivity contribution in [2.75, 3.05) is 6.61 Å². The summed E-state index contributed by atoms with van der Waals surface area (Å²) in [5, 5.41) is 3.80. The molecule has 0 aromatic carbocycles. The van der Waals surface area contributed by atoms with E-state index < -0.39 is 11.5 Å². The topological polar surface area (TPSA) is 73.9 Å². The highest BCUT2D eigenvalue weighted by atomic mass is 79.9. The molecule has 1 heterocycles. The van der Waals surface area contributed by atoms with Crippen LogP contribution in [0.5, 0.6) is 0 Å². The van der Waals surface area contributed by atoms with E-state index in [1.807, 2.05) is 0 Å². The molecule has 84 valence electrons. The zero-order valence-electron chi connectivity index (χ0n) is 8.40. The number of oxime groups is 1. The van der Waals surface area contributed by atoms with Crippen LogP contribution in [0.3, 0.4) is 0 Å². The molecule has 0 saturated heterocycles. The zero-order valence-corrected chi connectivity index (χ0v) is 9.99. The summed E-state index contributed by atoms with van der Waals surface area (Å²) in [5.41, 5.74) is 5.00.